The summed E-state index contributed by atoms with van der Waals surface area (Å²) in [4.78, 5) is 25.0. The second-order valence-electron chi connectivity index (χ2n) is 10.3. The summed E-state index contributed by atoms with van der Waals surface area (Å²) in [7, 11) is 1.62. The molecule has 0 spiro atoms. The molecule has 8 nitrogen and oxygen atoms in total. The quantitative estimate of drug-likeness (QED) is 0.355. The average molecular weight is 522 g/mol. The van der Waals surface area contributed by atoms with Gasteiger partial charge in [0.2, 0.25) is 0 Å². The first kappa shape index (κ1) is 28.9. The van der Waals surface area contributed by atoms with Crippen LogP contribution in [-0.4, -0.2) is 48.1 Å². The average Bonchev–Trinajstić information content (AvgIpc) is 3.31. The Bertz CT molecular complexity index is 1240. The van der Waals surface area contributed by atoms with Crippen LogP contribution < -0.4 is 10.1 Å². The number of nitrogens with one attached hydrogen (secondary N) is 1. The third-order valence-electron chi connectivity index (χ3n) is 6.18. The van der Waals surface area contributed by atoms with Crippen LogP contribution >= 0.6 is 0 Å². The molecule has 38 heavy (non-hydrogen) atoms. The van der Waals surface area contributed by atoms with Crippen molar-refractivity contribution in [3.63, 3.8) is 0 Å². The van der Waals surface area contributed by atoms with Gasteiger partial charge in [0, 0.05) is 19.2 Å². The predicted octanol–water partition coefficient (Wildman–Crippen LogP) is 5.06. The fourth-order valence-electron chi connectivity index (χ4n) is 3.95. The molecule has 2 aromatic carbocycles. The molecule has 0 radical (unpaired) electrons. The minimum atomic E-state index is -0.703. The molecule has 0 aliphatic rings. The number of benzene rings is 2. The summed E-state index contributed by atoms with van der Waals surface area (Å²) in [5, 5.41) is 7.68. The molecule has 1 atom stereocenters. The van der Waals surface area contributed by atoms with Crippen LogP contribution in [0, 0.1) is 6.92 Å². The highest BCUT2D eigenvalue weighted by molar-refractivity contribution is 5.93. The fraction of sp³-hybridized carbons (Fsp3) is 0.433. The standard InChI is InChI=1S/C30H39N3O5/c1-8-37-29(35)21(3)38-27-14-9-22(17-20(27)2)19-31-28(34)26-18-25(32-33(26)15-16-36-7)23-10-12-24(13-11-23)30(4,5)6/h9-14,17-18,21H,8,15-16,19H2,1-7H3,(H,31,34). The normalized spacial score (nSPS) is 12.2. The highest BCUT2D eigenvalue weighted by atomic mass is 16.6. The third kappa shape index (κ3) is 7.44. The first-order chi connectivity index (χ1) is 18.0. The number of ether oxygens (including phenoxy) is 3. The number of carbonyl (C=O) groups is 2. The van der Waals surface area contributed by atoms with Gasteiger partial charge in [-0.3, -0.25) is 9.48 Å². The number of aryl methyl sites for hydroxylation is 1. The van der Waals surface area contributed by atoms with Gasteiger partial charge < -0.3 is 19.5 Å². The van der Waals surface area contributed by atoms with Crippen LogP contribution in [0.5, 0.6) is 5.75 Å². The topological polar surface area (TPSA) is 91.7 Å². The Hall–Kier alpha value is -3.65. The van der Waals surface area contributed by atoms with E-state index < -0.39 is 12.1 Å². The van der Waals surface area contributed by atoms with Gasteiger partial charge in [-0.2, -0.15) is 5.10 Å². The molecule has 1 unspecified atom stereocenters. The molecule has 0 saturated heterocycles. The number of methoxy groups -OCH3 is 1. The van der Waals surface area contributed by atoms with Crippen LogP contribution in [0.25, 0.3) is 11.3 Å². The van der Waals surface area contributed by atoms with Gasteiger partial charge in [-0.05, 0) is 55.0 Å². The van der Waals surface area contributed by atoms with E-state index in [1.807, 2.05) is 37.3 Å². The number of amides is 1. The molecule has 0 bridgehead atoms. The SMILES string of the molecule is CCOC(=O)C(C)Oc1ccc(CNC(=O)c2cc(-c3ccc(C(C)(C)C)cc3)nn2CCOC)cc1C. The summed E-state index contributed by atoms with van der Waals surface area (Å²) in [6.45, 7) is 13.4. The molecular weight excluding hydrogens is 482 g/mol. The number of hydrogen-bond donors (Lipinski definition) is 1. The molecule has 1 aromatic heterocycles. The molecule has 1 amide bonds. The van der Waals surface area contributed by atoms with Crippen molar-refractivity contribution < 1.29 is 23.8 Å². The molecular formula is C30H39N3O5. The Balaban J connectivity index is 1.72. The second kappa shape index (κ2) is 12.7. The van der Waals surface area contributed by atoms with Crippen molar-refractivity contribution in [1.29, 1.82) is 0 Å². The van der Waals surface area contributed by atoms with E-state index in [-0.39, 0.29) is 11.3 Å². The van der Waals surface area contributed by atoms with Gasteiger partial charge in [0.15, 0.2) is 6.10 Å². The van der Waals surface area contributed by atoms with Gasteiger partial charge in [0.1, 0.15) is 11.4 Å². The molecule has 8 heteroatoms. The monoisotopic (exact) mass is 521 g/mol. The summed E-state index contributed by atoms with van der Waals surface area (Å²) >= 11 is 0. The van der Waals surface area contributed by atoms with Crippen LogP contribution in [0.2, 0.25) is 0 Å². The Labute approximate surface area is 225 Å². The predicted molar refractivity (Wildman–Crippen MR) is 147 cm³/mol. The van der Waals surface area contributed by atoms with E-state index >= 15 is 0 Å². The summed E-state index contributed by atoms with van der Waals surface area (Å²) in [5.74, 6) is -0.0293. The van der Waals surface area contributed by atoms with Crippen molar-refractivity contribution in [2.45, 2.75) is 66.2 Å². The number of hydrogen-bond acceptors (Lipinski definition) is 6. The Morgan fingerprint density at radius 1 is 1.08 bits per heavy atom. The zero-order valence-corrected chi connectivity index (χ0v) is 23.5. The molecule has 0 fully saturated rings. The molecule has 0 aliphatic carbocycles. The zero-order valence-electron chi connectivity index (χ0n) is 23.5. The first-order valence-corrected chi connectivity index (χ1v) is 12.9. The molecule has 0 saturated carbocycles. The summed E-state index contributed by atoms with van der Waals surface area (Å²) in [6.07, 6.45) is -0.703. The summed E-state index contributed by atoms with van der Waals surface area (Å²) in [5.41, 5.74) is 5.22. The van der Waals surface area contributed by atoms with E-state index in [2.05, 4.69) is 43.3 Å². The van der Waals surface area contributed by atoms with Crippen molar-refractivity contribution in [3.8, 4) is 17.0 Å². The van der Waals surface area contributed by atoms with Gasteiger partial charge in [-0.15, -0.1) is 0 Å². The van der Waals surface area contributed by atoms with Crippen molar-refractivity contribution in [2.24, 2.45) is 0 Å². The number of carbonyl (C=O) groups excluding carboxylic acids is 2. The van der Waals surface area contributed by atoms with Crippen molar-refractivity contribution in [3.05, 3.63) is 70.9 Å². The lowest BCUT2D eigenvalue weighted by Crippen LogP contribution is -2.27. The third-order valence-corrected chi connectivity index (χ3v) is 6.18. The lowest BCUT2D eigenvalue weighted by atomic mass is 9.86. The van der Waals surface area contributed by atoms with Gasteiger partial charge in [0.05, 0.1) is 25.5 Å². The van der Waals surface area contributed by atoms with Crippen LogP contribution in [0.3, 0.4) is 0 Å². The summed E-state index contributed by atoms with van der Waals surface area (Å²) in [6, 6.07) is 15.7. The maximum absolute atomic E-state index is 13.2. The van der Waals surface area contributed by atoms with E-state index in [1.54, 1.807) is 31.7 Å². The van der Waals surface area contributed by atoms with Crippen molar-refractivity contribution >= 4 is 11.9 Å². The van der Waals surface area contributed by atoms with Crippen molar-refractivity contribution in [2.75, 3.05) is 20.3 Å². The second-order valence-corrected chi connectivity index (χ2v) is 10.3. The number of nitrogens with zero attached hydrogens (tertiary/aromatic N) is 2. The van der Waals surface area contributed by atoms with E-state index in [9.17, 15) is 9.59 Å². The van der Waals surface area contributed by atoms with E-state index in [0.29, 0.717) is 37.7 Å². The van der Waals surface area contributed by atoms with Crippen LogP contribution in [-0.2, 0) is 32.8 Å². The molecule has 1 N–H and O–H groups in total. The summed E-state index contributed by atoms with van der Waals surface area (Å²) < 4.78 is 17.7. The minimum absolute atomic E-state index is 0.0588. The minimum Gasteiger partial charge on any atom is -0.479 e. The largest absolute Gasteiger partial charge is 0.479 e. The number of aromatic nitrogens is 2. The number of rotatable bonds is 11. The zero-order chi connectivity index (χ0) is 27.9. The lowest BCUT2D eigenvalue weighted by molar-refractivity contribution is -0.150. The van der Waals surface area contributed by atoms with E-state index in [4.69, 9.17) is 14.2 Å². The highest BCUT2D eigenvalue weighted by Crippen LogP contribution is 2.26. The van der Waals surface area contributed by atoms with Gasteiger partial charge in [-0.1, -0.05) is 57.2 Å². The van der Waals surface area contributed by atoms with Gasteiger partial charge in [0.25, 0.3) is 5.91 Å². The Morgan fingerprint density at radius 2 is 1.79 bits per heavy atom. The lowest BCUT2D eigenvalue weighted by Gasteiger charge is -2.18. The molecule has 3 aromatic rings. The van der Waals surface area contributed by atoms with Crippen LogP contribution in [0.15, 0.2) is 48.5 Å². The first-order valence-electron chi connectivity index (χ1n) is 12.9. The Morgan fingerprint density at radius 3 is 2.39 bits per heavy atom. The molecule has 1 heterocycles. The van der Waals surface area contributed by atoms with E-state index in [1.165, 1.54) is 5.56 Å². The smallest absolute Gasteiger partial charge is 0.347 e. The fourth-order valence-corrected chi connectivity index (χ4v) is 3.95. The maximum Gasteiger partial charge on any atom is 0.347 e. The van der Waals surface area contributed by atoms with Crippen LogP contribution in [0.1, 0.15) is 61.8 Å². The van der Waals surface area contributed by atoms with Gasteiger partial charge >= 0.3 is 5.97 Å². The van der Waals surface area contributed by atoms with E-state index in [0.717, 1.165) is 22.4 Å². The number of esters is 1. The molecule has 0 aliphatic heterocycles. The Kier molecular flexibility index (Phi) is 9.69. The van der Waals surface area contributed by atoms with Gasteiger partial charge in [-0.25, -0.2) is 4.79 Å². The molecule has 3 rings (SSSR count). The van der Waals surface area contributed by atoms with Crippen LogP contribution in [0.4, 0.5) is 0 Å². The molecule has 204 valence electrons. The maximum atomic E-state index is 13.2. The highest BCUT2D eigenvalue weighted by Gasteiger charge is 2.19. The van der Waals surface area contributed by atoms with Crippen molar-refractivity contribution in [1.82, 2.24) is 15.1 Å².